The first-order chi connectivity index (χ1) is 25.1. The number of allylic oxidation sites excluding steroid dienone is 2. The molecule has 0 radical (unpaired) electrons. The fourth-order valence-corrected chi connectivity index (χ4v) is 7.70. The molecule has 0 aliphatic carbocycles. The Balaban J connectivity index is 1.30. The van der Waals surface area contributed by atoms with Crippen molar-refractivity contribution in [3.05, 3.63) is 182 Å². The number of aliphatic imine (C=N–C) groups is 1. The zero-order valence-electron chi connectivity index (χ0n) is 27.8. The summed E-state index contributed by atoms with van der Waals surface area (Å²) >= 11 is 0. The van der Waals surface area contributed by atoms with E-state index in [9.17, 15) is 0 Å². The Morgan fingerprint density at radius 1 is 0.569 bits per heavy atom. The molecular formula is C46H33N5. The van der Waals surface area contributed by atoms with Crippen LogP contribution in [-0.2, 0) is 0 Å². The van der Waals surface area contributed by atoms with Gasteiger partial charge >= 0.3 is 0 Å². The molecule has 5 heteroatoms. The van der Waals surface area contributed by atoms with Gasteiger partial charge in [-0.05, 0) is 58.6 Å². The van der Waals surface area contributed by atoms with E-state index in [-0.39, 0.29) is 11.7 Å². The number of fused-ring (bicyclic) bond motifs is 11. The van der Waals surface area contributed by atoms with Crippen molar-refractivity contribution in [2.24, 2.45) is 10.7 Å². The van der Waals surface area contributed by atoms with Crippen molar-refractivity contribution in [3.8, 4) is 11.4 Å². The van der Waals surface area contributed by atoms with Gasteiger partial charge in [-0.3, -0.25) is 5.41 Å². The van der Waals surface area contributed by atoms with Crippen LogP contribution in [0.2, 0.25) is 0 Å². The molecule has 2 aromatic heterocycles. The number of nitrogens with two attached hydrogens (primary N) is 1. The first-order valence-corrected chi connectivity index (χ1v) is 16.9. The van der Waals surface area contributed by atoms with E-state index in [4.69, 9.17) is 11.1 Å². The number of para-hydroxylation sites is 3. The minimum atomic E-state index is 0.0311. The molecule has 2 heterocycles. The highest BCUT2D eigenvalue weighted by molar-refractivity contribution is 6.29. The second kappa shape index (κ2) is 11.9. The van der Waals surface area contributed by atoms with E-state index >= 15 is 0 Å². The van der Waals surface area contributed by atoms with E-state index in [0.29, 0.717) is 5.57 Å². The molecule has 3 N–H and O–H groups in total. The molecular weight excluding hydrogens is 623 g/mol. The van der Waals surface area contributed by atoms with E-state index in [1.165, 1.54) is 54.1 Å². The van der Waals surface area contributed by atoms with Crippen LogP contribution in [0.1, 0.15) is 5.56 Å². The summed E-state index contributed by atoms with van der Waals surface area (Å²) in [6.45, 7) is 7.53. The molecule has 51 heavy (non-hydrogen) atoms. The first kappa shape index (κ1) is 30.1. The third-order valence-electron chi connectivity index (χ3n) is 9.90. The van der Waals surface area contributed by atoms with Crippen LogP contribution in [0.3, 0.4) is 0 Å². The maximum Gasteiger partial charge on any atom is 0.154 e. The molecule has 0 saturated heterocycles. The number of aromatic nitrogens is 2. The Labute approximate surface area is 294 Å². The van der Waals surface area contributed by atoms with E-state index in [2.05, 4.69) is 149 Å². The number of hydrogen-bond acceptors (Lipinski definition) is 1. The van der Waals surface area contributed by atoms with Crippen molar-refractivity contribution in [3.63, 3.8) is 0 Å². The van der Waals surface area contributed by atoms with Crippen LogP contribution >= 0.6 is 0 Å². The van der Waals surface area contributed by atoms with Crippen LogP contribution in [-0.4, -0.2) is 20.8 Å². The molecule has 0 amide bonds. The summed E-state index contributed by atoms with van der Waals surface area (Å²) in [5.41, 5.74) is 14.5. The molecule has 0 fully saturated rings. The van der Waals surface area contributed by atoms with Crippen molar-refractivity contribution in [2.75, 3.05) is 0 Å². The van der Waals surface area contributed by atoms with Gasteiger partial charge in [0.15, 0.2) is 5.84 Å². The number of nitrogens with zero attached hydrogens (tertiary/aromatic N) is 3. The zero-order chi connectivity index (χ0) is 34.6. The van der Waals surface area contributed by atoms with Gasteiger partial charge in [0.2, 0.25) is 0 Å². The highest BCUT2D eigenvalue weighted by Gasteiger charge is 2.19. The van der Waals surface area contributed by atoms with E-state index in [1.54, 1.807) is 18.2 Å². The van der Waals surface area contributed by atoms with Crippen LogP contribution in [0.5, 0.6) is 0 Å². The minimum absolute atomic E-state index is 0.0311. The fourth-order valence-electron chi connectivity index (χ4n) is 7.70. The predicted molar refractivity (Wildman–Crippen MR) is 217 cm³/mol. The van der Waals surface area contributed by atoms with E-state index in [0.717, 1.165) is 28.0 Å². The fraction of sp³-hybridized carbons (Fsp3) is 0. The first-order valence-electron chi connectivity index (χ1n) is 16.9. The second-order valence-corrected chi connectivity index (χ2v) is 12.7. The lowest BCUT2D eigenvalue weighted by Crippen LogP contribution is -2.16. The number of benzene rings is 7. The Bertz CT molecular complexity index is 2970. The van der Waals surface area contributed by atoms with Gasteiger partial charge < -0.3 is 14.9 Å². The molecule has 9 rings (SSSR count). The molecule has 9 aromatic rings. The van der Waals surface area contributed by atoms with Crippen LogP contribution in [0, 0.1) is 5.41 Å². The highest BCUT2D eigenvalue weighted by atomic mass is 15.0. The Morgan fingerprint density at radius 2 is 1.18 bits per heavy atom. The third-order valence-corrected chi connectivity index (χ3v) is 9.90. The summed E-state index contributed by atoms with van der Waals surface area (Å²) in [6.07, 6.45) is 4.89. The van der Waals surface area contributed by atoms with E-state index in [1.807, 2.05) is 18.2 Å². The Kier molecular flexibility index (Phi) is 7.00. The normalized spacial score (nSPS) is 12.5. The molecule has 0 bridgehead atoms. The van der Waals surface area contributed by atoms with Gasteiger partial charge in [0.1, 0.15) is 5.84 Å². The van der Waals surface area contributed by atoms with Crippen LogP contribution < -0.4 is 5.73 Å². The van der Waals surface area contributed by atoms with Gasteiger partial charge in [-0.25, -0.2) is 4.99 Å². The molecule has 0 aliphatic heterocycles. The smallest absolute Gasteiger partial charge is 0.154 e. The van der Waals surface area contributed by atoms with Gasteiger partial charge in [0.25, 0.3) is 0 Å². The average Bonchev–Trinajstić information content (AvgIpc) is 3.70. The zero-order valence-corrected chi connectivity index (χ0v) is 27.8. The molecule has 5 nitrogen and oxygen atoms in total. The molecule has 0 aliphatic rings. The molecule has 0 spiro atoms. The quantitative estimate of drug-likeness (QED) is 0.0796. The number of hydrogen-bond donors (Lipinski definition) is 2. The predicted octanol–water partition coefficient (Wildman–Crippen LogP) is 11.2. The van der Waals surface area contributed by atoms with Gasteiger partial charge in [-0.1, -0.05) is 128 Å². The lowest BCUT2D eigenvalue weighted by molar-refractivity contribution is 1.18. The van der Waals surface area contributed by atoms with Gasteiger partial charge in [0.05, 0.1) is 22.1 Å². The van der Waals surface area contributed by atoms with Crippen molar-refractivity contribution < 1.29 is 0 Å². The minimum Gasteiger partial charge on any atom is -0.383 e. The molecule has 0 saturated carbocycles. The van der Waals surface area contributed by atoms with Crippen LogP contribution in [0.15, 0.2) is 181 Å². The summed E-state index contributed by atoms with van der Waals surface area (Å²) in [7, 11) is 0. The Hall–Kier alpha value is -6.98. The molecule has 7 aromatic carbocycles. The van der Waals surface area contributed by atoms with Gasteiger partial charge in [0, 0.05) is 49.4 Å². The topological polar surface area (TPSA) is 72.1 Å². The second-order valence-electron chi connectivity index (χ2n) is 12.7. The van der Waals surface area contributed by atoms with Gasteiger partial charge in [-0.15, -0.1) is 0 Å². The monoisotopic (exact) mass is 655 g/mol. The number of amidine groups is 2. The number of nitrogens with one attached hydrogen (secondary N) is 1. The van der Waals surface area contributed by atoms with Crippen molar-refractivity contribution in [1.82, 2.24) is 9.13 Å². The van der Waals surface area contributed by atoms with E-state index < -0.39 is 0 Å². The maximum atomic E-state index is 8.47. The number of rotatable bonds is 6. The average molecular weight is 656 g/mol. The van der Waals surface area contributed by atoms with Crippen molar-refractivity contribution in [1.29, 1.82) is 5.41 Å². The SMILES string of the molecule is C=C/C=C(\C=C)C(=N)N=C(N)c1cccc(-n2c3ccccc3c3ccc4c5ccc6c(c5ccc4c32)c2ccccc2n6-c2ccccc2)c1. The lowest BCUT2D eigenvalue weighted by Gasteiger charge is -2.13. The van der Waals surface area contributed by atoms with Crippen molar-refractivity contribution >= 4 is 76.8 Å². The summed E-state index contributed by atoms with van der Waals surface area (Å²) in [5, 5.41) is 18.1. The molecule has 0 unspecified atom stereocenters. The standard InChI is InChI=1S/C46H33N5/c1-3-13-29(4-2)45(47)49-46(48)30-14-12-17-32(28-30)51-40-20-10-8-18-35(40)38-24-22-34-33-26-27-42-43(36(33)23-25-37(34)44(38)51)39-19-9-11-21-41(39)50(42)31-15-6-5-7-16-31/h3-28H,1-2H2,(H3,47,48,49)/b29-13+. The van der Waals surface area contributed by atoms with Crippen molar-refractivity contribution in [2.45, 2.75) is 0 Å². The highest BCUT2D eigenvalue weighted by Crippen LogP contribution is 2.42. The summed E-state index contributed by atoms with van der Waals surface area (Å²) in [4.78, 5) is 4.42. The molecule has 242 valence electrons. The summed E-state index contributed by atoms with van der Waals surface area (Å²) in [6, 6.07) is 49.5. The van der Waals surface area contributed by atoms with Crippen LogP contribution in [0.4, 0.5) is 0 Å². The largest absolute Gasteiger partial charge is 0.383 e. The summed E-state index contributed by atoms with van der Waals surface area (Å²) < 4.78 is 4.69. The van der Waals surface area contributed by atoms with Crippen LogP contribution in [0.25, 0.3) is 76.5 Å². The maximum absolute atomic E-state index is 8.47. The van der Waals surface area contributed by atoms with Gasteiger partial charge in [-0.2, -0.15) is 0 Å². The summed E-state index contributed by atoms with van der Waals surface area (Å²) in [5.74, 6) is 0.289. The third kappa shape index (κ3) is 4.63. The Morgan fingerprint density at radius 3 is 1.94 bits per heavy atom. The lowest BCUT2D eigenvalue weighted by atomic mass is 9.96. The molecule has 0 atom stereocenters.